The largest absolute Gasteiger partial charge is 0.465 e. The van der Waals surface area contributed by atoms with Crippen molar-refractivity contribution in [3.8, 4) is 0 Å². The third kappa shape index (κ3) is 4.71. The molecule has 160 valence electrons. The molecule has 0 unspecified atom stereocenters. The quantitative estimate of drug-likeness (QED) is 0.711. The van der Waals surface area contributed by atoms with Gasteiger partial charge in [-0.25, -0.2) is 13.2 Å². The molecule has 1 fully saturated rings. The second kappa shape index (κ2) is 9.40. The van der Waals surface area contributed by atoms with Crippen molar-refractivity contribution >= 4 is 21.9 Å². The maximum atomic E-state index is 13.1. The Balaban J connectivity index is 1.63. The number of nitrogens with one attached hydrogen (secondary N) is 1. The van der Waals surface area contributed by atoms with Gasteiger partial charge in [0, 0.05) is 25.6 Å². The van der Waals surface area contributed by atoms with Crippen molar-refractivity contribution in [3.05, 3.63) is 65.2 Å². The SMILES string of the molecule is COC(=O)c1ccccc1S(=O)(=O)N1CCC(C(=O)NCc2ccccc2C)CC1. The molecule has 0 atom stereocenters. The van der Waals surface area contributed by atoms with Crippen LogP contribution in [0.2, 0.25) is 0 Å². The number of carbonyl (C=O) groups is 2. The van der Waals surface area contributed by atoms with Crippen LogP contribution in [0.3, 0.4) is 0 Å². The van der Waals surface area contributed by atoms with E-state index in [2.05, 4.69) is 5.32 Å². The molecule has 0 spiro atoms. The van der Waals surface area contributed by atoms with E-state index in [9.17, 15) is 18.0 Å². The highest BCUT2D eigenvalue weighted by atomic mass is 32.2. The highest BCUT2D eigenvalue weighted by molar-refractivity contribution is 7.89. The summed E-state index contributed by atoms with van der Waals surface area (Å²) in [6, 6.07) is 13.9. The van der Waals surface area contributed by atoms with Gasteiger partial charge in [0.05, 0.1) is 17.6 Å². The number of rotatable bonds is 6. The Hall–Kier alpha value is -2.71. The number of piperidine rings is 1. The molecule has 3 rings (SSSR count). The molecule has 0 radical (unpaired) electrons. The van der Waals surface area contributed by atoms with E-state index in [1.54, 1.807) is 12.1 Å². The molecule has 1 aliphatic heterocycles. The number of amides is 1. The zero-order chi connectivity index (χ0) is 21.7. The standard InChI is InChI=1S/C22H26N2O5S/c1-16-7-3-4-8-18(16)15-23-21(25)17-11-13-24(14-12-17)30(27,28)20-10-6-5-9-19(20)22(26)29-2/h3-10,17H,11-15H2,1-2H3,(H,23,25). The number of ether oxygens (including phenoxy) is 1. The molecule has 0 aliphatic carbocycles. The minimum absolute atomic E-state index is 0.0121. The van der Waals surface area contributed by atoms with E-state index in [4.69, 9.17) is 4.74 Å². The highest BCUT2D eigenvalue weighted by Crippen LogP contribution is 2.26. The summed E-state index contributed by atoms with van der Waals surface area (Å²) in [5.74, 6) is -0.999. The van der Waals surface area contributed by atoms with Crippen LogP contribution in [0.1, 0.15) is 34.3 Å². The maximum absolute atomic E-state index is 13.1. The average Bonchev–Trinajstić information content (AvgIpc) is 2.78. The normalized spacial score (nSPS) is 15.5. The van der Waals surface area contributed by atoms with Crippen molar-refractivity contribution in [1.82, 2.24) is 9.62 Å². The molecule has 2 aromatic rings. The van der Waals surface area contributed by atoms with Crippen LogP contribution in [0.4, 0.5) is 0 Å². The number of sulfonamides is 1. The van der Waals surface area contributed by atoms with Crippen molar-refractivity contribution in [3.63, 3.8) is 0 Å². The van der Waals surface area contributed by atoms with Crippen LogP contribution < -0.4 is 5.32 Å². The molecule has 1 N–H and O–H groups in total. The number of carbonyl (C=O) groups excluding carboxylic acids is 2. The van der Waals surface area contributed by atoms with Crippen molar-refractivity contribution in [2.24, 2.45) is 5.92 Å². The third-order valence-corrected chi connectivity index (χ3v) is 7.41. The van der Waals surface area contributed by atoms with Gasteiger partial charge in [-0.2, -0.15) is 4.31 Å². The third-order valence-electron chi connectivity index (χ3n) is 5.45. The summed E-state index contributed by atoms with van der Waals surface area (Å²) in [5.41, 5.74) is 2.19. The van der Waals surface area contributed by atoms with Gasteiger partial charge in [0.15, 0.2) is 0 Å². The van der Waals surface area contributed by atoms with Crippen LogP contribution in [-0.2, 0) is 26.1 Å². The van der Waals surface area contributed by atoms with Gasteiger partial charge in [-0.3, -0.25) is 4.79 Å². The first-order valence-electron chi connectivity index (χ1n) is 9.84. The molecular weight excluding hydrogens is 404 g/mol. The molecule has 0 bridgehead atoms. The Kier molecular flexibility index (Phi) is 6.89. The van der Waals surface area contributed by atoms with Crippen LogP contribution in [0.15, 0.2) is 53.4 Å². The number of methoxy groups -OCH3 is 1. The van der Waals surface area contributed by atoms with E-state index in [-0.39, 0.29) is 35.4 Å². The Morgan fingerprint density at radius 2 is 1.70 bits per heavy atom. The van der Waals surface area contributed by atoms with Gasteiger partial charge < -0.3 is 10.1 Å². The summed E-state index contributed by atoms with van der Waals surface area (Å²) < 4.78 is 32.2. The molecule has 2 aromatic carbocycles. The second-order valence-electron chi connectivity index (χ2n) is 7.31. The molecule has 8 heteroatoms. The molecule has 1 saturated heterocycles. The summed E-state index contributed by atoms with van der Waals surface area (Å²) in [7, 11) is -2.64. The number of esters is 1. The number of nitrogens with zero attached hydrogens (tertiary/aromatic N) is 1. The van der Waals surface area contributed by atoms with Gasteiger partial charge >= 0.3 is 5.97 Å². The first kappa shape index (κ1) is 22.0. The van der Waals surface area contributed by atoms with E-state index < -0.39 is 16.0 Å². The zero-order valence-electron chi connectivity index (χ0n) is 17.1. The molecular formula is C22H26N2O5S. The molecule has 7 nitrogen and oxygen atoms in total. The van der Waals surface area contributed by atoms with E-state index in [1.807, 2.05) is 31.2 Å². The first-order valence-corrected chi connectivity index (χ1v) is 11.3. The summed E-state index contributed by atoms with van der Waals surface area (Å²) in [4.78, 5) is 24.4. The minimum atomic E-state index is -3.86. The minimum Gasteiger partial charge on any atom is -0.465 e. The van der Waals surface area contributed by atoms with Gasteiger partial charge in [0.2, 0.25) is 15.9 Å². The molecule has 1 heterocycles. The highest BCUT2D eigenvalue weighted by Gasteiger charge is 2.34. The molecule has 0 saturated carbocycles. The fourth-order valence-corrected chi connectivity index (χ4v) is 5.25. The van der Waals surface area contributed by atoms with Crippen molar-refractivity contribution < 1.29 is 22.7 Å². The number of hydrogen-bond acceptors (Lipinski definition) is 5. The first-order chi connectivity index (χ1) is 14.3. The fraction of sp³-hybridized carbons (Fsp3) is 0.364. The maximum Gasteiger partial charge on any atom is 0.339 e. The van der Waals surface area contributed by atoms with Crippen LogP contribution in [-0.4, -0.2) is 44.8 Å². The van der Waals surface area contributed by atoms with E-state index >= 15 is 0 Å². The second-order valence-corrected chi connectivity index (χ2v) is 9.22. The van der Waals surface area contributed by atoms with Crippen LogP contribution >= 0.6 is 0 Å². The van der Waals surface area contributed by atoms with Gasteiger partial charge in [-0.15, -0.1) is 0 Å². The van der Waals surface area contributed by atoms with Gasteiger partial charge in [-0.1, -0.05) is 36.4 Å². The van der Waals surface area contributed by atoms with Crippen LogP contribution in [0.25, 0.3) is 0 Å². The smallest absolute Gasteiger partial charge is 0.339 e. The van der Waals surface area contributed by atoms with Crippen molar-refractivity contribution in [1.29, 1.82) is 0 Å². The average molecular weight is 431 g/mol. The lowest BCUT2D eigenvalue weighted by atomic mass is 9.97. The summed E-state index contributed by atoms with van der Waals surface area (Å²) >= 11 is 0. The lowest BCUT2D eigenvalue weighted by Crippen LogP contribution is -2.43. The van der Waals surface area contributed by atoms with Crippen molar-refractivity contribution in [2.75, 3.05) is 20.2 Å². The van der Waals surface area contributed by atoms with E-state index in [0.29, 0.717) is 19.4 Å². The lowest BCUT2D eigenvalue weighted by Gasteiger charge is -2.31. The van der Waals surface area contributed by atoms with E-state index in [1.165, 1.54) is 23.5 Å². The van der Waals surface area contributed by atoms with Gasteiger partial charge in [0.1, 0.15) is 0 Å². The number of aryl methyl sites for hydroxylation is 1. The molecule has 1 aliphatic rings. The number of hydrogen-bond donors (Lipinski definition) is 1. The Morgan fingerprint density at radius 3 is 2.37 bits per heavy atom. The van der Waals surface area contributed by atoms with Crippen molar-refractivity contribution in [2.45, 2.75) is 31.2 Å². The Labute approximate surface area is 177 Å². The monoisotopic (exact) mass is 430 g/mol. The Morgan fingerprint density at radius 1 is 1.07 bits per heavy atom. The van der Waals surface area contributed by atoms with Crippen LogP contribution in [0.5, 0.6) is 0 Å². The molecule has 1 amide bonds. The molecule has 0 aromatic heterocycles. The zero-order valence-corrected chi connectivity index (χ0v) is 17.9. The summed E-state index contributed by atoms with van der Waals surface area (Å²) in [6.07, 6.45) is 0.860. The predicted molar refractivity (Wildman–Crippen MR) is 112 cm³/mol. The van der Waals surface area contributed by atoms with Gasteiger partial charge in [-0.05, 0) is 43.0 Å². The van der Waals surface area contributed by atoms with Crippen LogP contribution in [0, 0.1) is 12.8 Å². The molecule has 30 heavy (non-hydrogen) atoms. The van der Waals surface area contributed by atoms with E-state index in [0.717, 1.165) is 11.1 Å². The topological polar surface area (TPSA) is 92.8 Å². The predicted octanol–water partition coefficient (Wildman–Crippen LogP) is 2.50. The lowest BCUT2D eigenvalue weighted by molar-refractivity contribution is -0.126. The summed E-state index contributed by atoms with van der Waals surface area (Å²) in [5, 5.41) is 2.96. The summed E-state index contributed by atoms with van der Waals surface area (Å²) in [6.45, 7) is 2.90. The Bertz CT molecular complexity index is 1030. The van der Waals surface area contributed by atoms with Gasteiger partial charge in [0.25, 0.3) is 0 Å². The fourth-order valence-electron chi connectivity index (χ4n) is 3.60. The number of benzene rings is 2.